The number of benzene rings is 1. The molecule has 1 aromatic rings. The predicted molar refractivity (Wildman–Crippen MR) is 79.4 cm³/mol. The van der Waals surface area contributed by atoms with Crippen molar-refractivity contribution in [2.24, 2.45) is 5.73 Å². The van der Waals surface area contributed by atoms with Crippen LogP contribution in [-0.4, -0.2) is 31.0 Å². The van der Waals surface area contributed by atoms with Gasteiger partial charge in [0.2, 0.25) is 0 Å². The molecule has 3 N–H and O–H groups in total. The van der Waals surface area contributed by atoms with Crippen molar-refractivity contribution in [1.82, 2.24) is 0 Å². The lowest BCUT2D eigenvalue weighted by Crippen LogP contribution is -2.27. The van der Waals surface area contributed by atoms with Crippen LogP contribution in [0.15, 0.2) is 24.3 Å². The maximum absolute atomic E-state index is 10.2. The SMILES string of the molecule is CCOCCC(O)C(CN)c1ccc(C(C)C)cc1. The summed E-state index contributed by atoms with van der Waals surface area (Å²) in [5.74, 6) is 0.509. The molecule has 0 aliphatic rings. The van der Waals surface area contributed by atoms with E-state index < -0.39 is 6.10 Å². The highest BCUT2D eigenvalue weighted by atomic mass is 16.5. The van der Waals surface area contributed by atoms with Crippen LogP contribution in [-0.2, 0) is 4.74 Å². The summed E-state index contributed by atoms with van der Waals surface area (Å²) in [5, 5.41) is 10.2. The Kier molecular flexibility index (Phi) is 7.06. The summed E-state index contributed by atoms with van der Waals surface area (Å²) in [7, 11) is 0. The van der Waals surface area contributed by atoms with Crippen molar-refractivity contribution in [3.05, 3.63) is 35.4 Å². The standard InChI is InChI=1S/C16H27NO2/c1-4-19-10-9-16(18)15(11-17)14-7-5-13(6-8-14)12(2)3/h5-8,12,15-16,18H,4,9-11,17H2,1-3H3. The summed E-state index contributed by atoms with van der Waals surface area (Å²) < 4.78 is 5.28. The molecule has 1 rings (SSSR count). The molecule has 1 aromatic carbocycles. The van der Waals surface area contributed by atoms with E-state index in [1.54, 1.807) is 0 Å². The van der Waals surface area contributed by atoms with Gasteiger partial charge >= 0.3 is 0 Å². The fraction of sp³-hybridized carbons (Fsp3) is 0.625. The molecule has 0 amide bonds. The highest BCUT2D eigenvalue weighted by Gasteiger charge is 2.19. The Labute approximate surface area is 116 Å². The topological polar surface area (TPSA) is 55.5 Å². The van der Waals surface area contributed by atoms with E-state index >= 15 is 0 Å². The Hall–Kier alpha value is -0.900. The molecule has 108 valence electrons. The van der Waals surface area contributed by atoms with Gasteiger partial charge in [0.1, 0.15) is 0 Å². The molecule has 0 aliphatic heterocycles. The van der Waals surface area contributed by atoms with Gasteiger partial charge in [-0.2, -0.15) is 0 Å². The van der Waals surface area contributed by atoms with E-state index in [1.807, 2.05) is 6.92 Å². The second-order valence-electron chi connectivity index (χ2n) is 5.22. The molecule has 2 unspecified atom stereocenters. The Morgan fingerprint density at radius 3 is 2.21 bits per heavy atom. The van der Waals surface area contributed by atoms with Crippen molar-refractivity contribution in [3.8, 4) is 0 Å². The van der Waals surface area contributed by atoms with Gasteiger partial charge in [-0.05, 0) is 30.4 Å². The van der Waals surface area contributed by atoms with E-state index in [0.29, 0.717) is 32.1 Å². The molecule has 3 heteroatoms. The lowest BCUT2D eigenvalue weighted by atomic mass is 9.90. The van der Waals surface area contributed by atoms with E-state index in [0.717, 1.165) is 5.56 Å². The molecule has 0 saturated heterocycles. The Morgan fingerprint density at radius 2 is 1.74 bits per heavy atom. The summed E-state index contributed by atoms with van der Waals surface area (Å²) in [4.78, 5) is 0. The third kappa shape index (κ3) is 4.94. The zero-order chi connectivity index (χ0) is 14.3. The van der Waals surface area contributed by atoms with Crippen molar-refractivity contribution in [1.29, 1.82) is 0 Å². The lowest BCUT2D eigenvalue weighted by Gasteiger charge is -2.22. The Bertz CT molecular complexity index is 348. The van der Waals surface area contributed by atoms with Crippen LogP contribution in [0.1, 0.15) is 50.2 Å². The molecule has 2 atom stereocenters. The first-order chi connectivity index (χ1) is 9.10. The van der Waals surface area contributed by atoms with Crippen LogP contribution in [0.3, 0.4) is 0 Å². The number of rotatable bonds is 8. The second-order valence-corrected chi connectivity index (χ2v) is 5.22. The van der Waals surface area contributed by atoms with Crippen molar-refractivity contribution in [2.45, 2.75) is 45.1 Å². The van der Waals surface area contributed by atoms with Gasteiger partial charge in [-0.3, -0.25) is 0 Å². The van der Waals surface area contributed by atoms with Gasteiger partial charge in [0.15, 0.2) is 0 Å². The number of ether oxygens (including phenoxy) is 1. The molecule has 0 heterocycles. The summed E-state index contributed by atoms with van der Waals surface area (Å²) in [6.07, 6.45) is 0.184. The fourth-order valence-corrected chi connectivity index (χ4v) is 2.19. The highest BCUT2D eigenvalue weighted by molar-refractivity contribution is 5.28. The smallest absolute Gasteiger partial charge is 0.0642 e. The monoisotopic (exact) mass is 265 g/mol. The number of hydrogen-bond acceptors (Lipinski definition) is 3. The van der Waals surface area contributed by atoms with Crippen LogP contribution >= 0.6 is 0 Å². The maximum atomic E-state index is 10.2. The first-order valence-corrected chi connectivity index (χ1v) is 7.15. The maximum Gasteiger partial charge on any atom is 0.0642 e. The van der Waals surface area contributed by atoms with Gasteiger partial charge in [0, 0.05) is 25.7 Å². The number of hydrogen-bond donors (Lipinski definition) is 2. The van der Waals surface area contributed by atoms with Gasteiger partial charge in [0.05, 0.1) is 6.10 Å². The molecule has 0 aliphatic carbocycles. The third-order valence-corrected chi connectivity index (χ3v) is 3.51. The lowest BCUT2D eigenvalue weighted by molar-refractivity contribution is 0.0752. The second kappa shape index (κ2) is 8.31. The Morgan fingerprint density at radius 1 is 1.16 bits per heavy atom. The molecular weight excluding hydrogens is 238 g/mol. The average molecular weight is 265 g/mol. The molecule has 3 nitrogen and oxygen atoms in total. The van der Waals surface area contributed by atoms with Crippen LogP contribution in [0.25, 0.3) is 0 Å². The minimum Gasteiger partial charge on any atom is -0.392 e. The zero-order valence-corrected chi connectivity index (χ0v) is 12.3. The quantitative estimate of drug-likeness (QED) is 0.710. The summed E-state index contributed by atoms with van der Waals surface area (Å²) >= 11 is 0. The van der Waals surface area contributed by atoms with Gasteiger partial charge in [0.25, 0.3) is 0 Å². The van der Waals surface area contributed by atoms with E-state index in [1.165, 1.54) is 5.56 Å². The van der Waals surface area contributed by atoms with Gasteiger partial charge < -0.3 is 15.6 Å². The number of aliphatic hydroxyl groups excluding tert-OH is 1. The molecule has 0 saturated carbocycles. The van der Waals surface area contributed by atoms with Gasteiger partial charge in [-0.25, -0.2) is 0 Å². The molecule has 0 spiro atoms. The predicted octanol–water partition coefficient (Wildman–Crippen LogP) is 2.64. The van der Waals surface area contributed by atoms with Crippen molar-refractivity contribution < 1.29 is 9.84 Å². The summed E-state index contributed by atoms with van der Waals surface area (Å²) in [6.45, 7) is 8.02. The molecular formula is C16H27NO2. The van der Waals surface area contributed by atoms with Gasteiger partial charge in [-0.15, -0.1) is 0 Å². The first kappa shape index (κ1) is 16.2. The molecule has 19 heavy (non-hydrogen) atoms. The van der Waals surface area contributed by atoms with Gasteiger partial charge in [-0.1, -0.05) is 38.1 Å². The highest BCUT2D eigenvalue weighted by Crippen LogP contribution is 2.23. The van der Waals surface area contributed by atoms with Crippen LogP contribution in [0, 0.1) is 0 Å². The minimum atomic E-state index is -0.443. The average Bonchev–Trinajstić information content (AvgIpc) is 2.40. The van der Waals surface area contributed by atoms with E-state index in [4.69, 9.17) is 10.5 Å². The van der Waals surface area contributed by atoms with Crippen LogP contribution in [0.5, 0.6) is 0 Å². The normalized spacial score (nSPS) is 14.6. The van der Waals surface area contributed by atoms with Crippen molar-refractivity contribution in [2.75, 3.05) is 19.8 Å². The van der Waals surface area contributed by atoms with E-state index in [-0.39, 0.29) is 5.92 Å². The largest absolute Gasteiger partial charge is 0.392 e. The molecule has 0 fully saturated rings. The van der Waals surface area contributed by atoms with Crippen molar-refractivity contribution in [3.63, 3.8) is 0 Å². The number of nitrogens with two attached hydrogens (primary N) is 1. The minimum absolute atomic E-state index is 0.0123. The van der Waals surface area contributed by atoms with Crippen molar-refractivity contribution >= 4 is 0 Å². The Balaban J connectivity index is 2.67. The zero-order valence-electron chi connectivity index (χ0n) is 12.3. The molecule has 0 radical (unpaired) electrons. The summed E-state index contributed by atoms with van der Waals surface area (Å²) in [5.41, 5.74) is 8.22. The molecule has 0 bridgehead atoms. The first-order valence-electron chi connectivity index (χ1n) is 7.15. The van der Waals surface area contributed by atoms with Crippen LogP contribution in [0.4, 0.5) is 0 Å². The van der Waals surface area contributed by atoms with E-state index in [2.05, 4.69) is 38.1 Å². The van der Waals surface area contributed by atoms with Crippen LogP contribution < -0.4 is 5.73 Å². The molecule has 0 aromatic heterocycles. The fourth-order valence-electron chi connectivity index (χ4n) is 2.19. The summed E-state index contributed by atoms with van der Waals surface area (Å²) in [6, 6.07) is 8.41. The van der Waals surface area contributed by atoms with Crippen LogP contribution in [0.2, 0.25) is 0 Å². The van der Waals surface area contributed by atoms with E-state index in [9.17, 15) is 5.11 Å². The third-order valence-electron chi connectivity index (χ3n) is 3.51. The number of aliphatic hydroxyl groups is 1.